The van der Waals surface area contributed by atoms with E-state index in [1.165, 1.54) is 36.0 Å². The lowest BCUT2D eigenvalue weighted by molar-refractivity contribution is -0.122. The van der Waals surface area contributed by atoms with Crippen molar-refractivity contribution in [1.29, 1.82) is 0 Å². The number of hydrogen-bond acceptors (Lipinski definition) is 9. The van der Waals surface area contributed by atoms with Gasteiger partial charge in [0.1, 0.15) is 16.6 Å². The molecular formula is C32H38N8O3. The van der Waals surface area contributed by atoms with Crippen molar-refractivity contribution < 1.29 is 9.84 Å². The number of benzene rings is 1. The van der Waals surface area contributed by atoms with Gasteiger partial charge in [0.25, 0.3) is 5.56 Å². The molecule has 0 saturated carbocycles. The zero-order valence-corrected chi connectivity index (χ0v) is 24.7. The number of ether oxygens (including phenoxy) is 1. The number of aliphatic hydroxyl groups is 1. The minimum absolute atomic E-state index is 0.0615. The molecular weight excluding hydrogens is 544 g/mol. The summed E-state index contributed by atoms with van der Waals surface area (Å²) in [5, 5.41) is 14.2. The van der Waals surface area contributed by atoms with Crippen LogP contribution in [0.15, 0.2) is 66.1 Å². The molecule has 2 atom stereocenters. The summed E-state index contributed by atoms with van der Waals surface area (Å²) in [5.41, 5.74) is 1.46. The fraction of sp³-hybridized carbons (Fsp3) is 0.438. The van der Waals surface area contributed by atoms with Crippen molar-refractivity contribution in [3.8, 4) is 5.82 Å². The molecule has 224 valence electrons. The van der Waals surface area contributed by atoms with Crippen molar-refractivity contribution >= 4 is 28.4 Å². The molecule has 4 aromatic rings. The van der Waals surface area contributed by atoms with Gasteiger partial charge in [-0.2, -0.15) is 4.98 Å². The number of morpholine rings is 1. The molecule has 0 bridgehead atoms. The lowest BCUT2D eigenvalue weighted by atomic mass is 9.89. The quantitative estimate of drug-likeness (QED) is 0.316. The summed E-state index contributed by atoms with van der Waals surface area (Å²) in [6.45, 7) is 12.4. The smallest absolute Gasteiger partial charge is 0.278 e. The van der Waals surface area contributed by atoms with Crippen LogP contribution in [0.2, 0.25) is 0 Å². The van der Waals surface area contributed by atoms with Gasteiger partial charge >= 0.3 is 0 Å². The third-order valence-corrected chi connectivity index (χ3v) is 9.05. The molecule has 3 saturated heterocycles. The van der Waals surface area contributed by atoms with Crippen molar-refractivity contribution in [2.24, 2.45) is 0 Å². The summed E-state index contributed by atoms with van der Waals surface area (Å²) in [7, 11) is 0. The molecule has 3 aliphatic rings. The molecule has 3 aliphatic heterocycles. The van der Waals surface area contributed by atoms with Gasteiger partial charge in [-0.3, -0.25) is 9.69 Å². The van der Waals surface area contributed by atoms with Crippen LogP contribution in [0, 0.1) is 0 Å². The number of rotatable bonds is 7. The van der Waals surface area contributed by atoms with E-state index in [1.54, 1.807) is 42.8 Å². The van der Waals surface area contributed by atoms with E-state index in [0.29, 0.717) is 34.5 Å². The molecule has 6 heterocycles. The average Bonchev–Trinajstić information content (AvgIpc) is 3.72. The number of fused-ring (bicyclic) bond motifs is 3. The Labute approximate surface area is 250 Å². The maximum absolute atomic E-state index is 13.3. The largest absolute Gasteiger partial charge is 0.384 e. The highest BCUT2D eigenvalue weighted by Gasteiger charge is 2.51. The van der Waals surface area contributed by atoms with Gasteiger partial charge in [-0.1, -0.05) is 12.1 Å². The predicted molar refractivity (Wildman–Crippen MR) is 166 cm³/mol. The van der Waals surface area contributed by atoms with E-state index in [2.05, 4.69) is 43.8 Å². The van der Waals surface area contributed by atoms with E-state index in [4.69, 9.17) is 9.72 Å². The van der Waals surface area contributed by atoms with Crippen LogP contribution < -0.4 is 15.8 Å². The molecule has 2 N–H and O–H groups in total. The second-order valence-electron chi connectivity index (χ2n) is 12.3. The Morgan fingerprint density at radius 2 is 2.00 bits per heavy atom. The van der Waals surface area contributed by atoms with Crippen LogP contribution in [-0.4, -0.2) is 78.8 Å². The average molecular weight is 583 g/mol. The minimum atomic E-state index is -1.15. The number of pyridine rings is 1. The molecule has 3 aromatic heterocycles. The zero-order chi connectivity index (χ0) is 29.8. The Bertz CT molecular complexity index is 1720. The molecule has 1 aromatic carbocycles. The van der Waals surface area contributed by atoms with Crippen molar-refractivity contribution in [2.75, 3.05) is 43.0 Å². The summed E-state index contributed by atoms with van der Waals surface area (Å²) in [4.78, 5) is 32.2. The SMILES string of the molecule is C=CCn1c(=O)c2cnc(Nc3ccc(N4CCC5(C4)OCCN4CCCC45)cc3)nc2n1-c1cccc(C(C)(C)O)n1. The highest BCUT2D eigenvalue weighted by atomic mass is 16.5. The van der Waals surface area contributed by atoms with Gasteiger partial charge in [0.05, 0.1) is 18.8 Å². The van der Waals surface area contributed by atoms with Gasteiger partial charge in [0.15, 0.2) is 11.5 Å². The maximum atomic E-state index is 13.3. The fourth-order valence-corrected chi connectivity index (χ4v) is 6.94. The van der Waals surface area contributed by atoms with Gasteiger partial charge in [0.2, 0.25) is 5.95 Å². The highest BCUT2D eigenvalue weighted by Crippen LogP contribution is 2.41. The molecule has 0 aliphatic carbocycles. The lowest BCUT2D eigenvalue weighted by Crippen LogP contribution is -2.58. The molecule has 3 fully saturated rings. The molecule has 0 radical (unpaired) electrons. The molecule has 0 amide bonds. The van der Waals surface area contributed by atoms with Gasteiger partial charge in [0, 0.05) is 43.2 Å². The Morgan fingerprint density at radius 3 is 2.79 bits per heavy atom. The molecule has 11 heteroatoms. The normalized spacial score (nSPS) is 22.4. The predicted octanol–water partition coefficient (Wildman–Crippen LogP) is 3.58. The second kappa shape index (κ2) is 10.6. The number of anilines is 3. The third-order valence-electron chi connectivity index (χ3n) is 9.05. The van der Waals surface area contributed by atoms with Gasteiger partial charge in [-0.25, -0.2) is 19.3 Å². The first kappa shape index (κ1) is 27.8. The van der Waals surface area contributed by atoms with E-state index >= 15 is 0 Å². The highest BCUT2D eigenvalue weighted by molar-refractivity contribution is 5.77. The molecule has 43 heavy (non-hydrogen) atoms. The number of nitrogens with one attached hydrogen (secondary N) is 1. The van der Waals surface area contributed by atoms with Gasteiger partial charge < -0.3 is 20.1 Å². The summed E-state index contributed by atoms with van der Waals surface area (Å²) in [5.74, 6) is 0.828. The van der Waals surface area contributed by atoms with E-state index in [1.807, 2.05) is 12.1 Å². The third kappa shape index (κ3) is 4.91. The Balaban J connectivity index is 1.15. The van der Waals surface area contributed by atoms with Crippen LogP contribution in [-0.2, 0) is 16.9 Å². The van der Waals surface area contributed by atoms with Crippen molar-refractivity contribution in [2.45, 2.75) is 56.9 Å². The zero-order valence-electron chi connectivity index (χ0n) is 24.7. The van der Waals surface area contributed by atoms with Crippen molar-refractivity contribution in [3.05, 3.63) is 77.4 Å². The number of hydrogen-bond donors (Lipinski definition) is 2. The van der Waals surface area contributed by atoms with Crippen molar-refractivity contribution in [1.82, 2.24) is 29.2 Å². The minimum Gasteiger partial charge on any atom is -0.384 e. The van der Waals surface area contributed by atoms with Crippen LogP contribution in [0.3, 0.4) is 0 Å². The Hall–Kier alpha value is -4.06. The molecule has 11 nitrogen and oxygen atoms in total. The first-order chi connectivity index (χ1) is 20.8. The lowest BCUT2D eigenvalue weighted by Gasteiger charge is -2.44. The first-order valence-electron chi connectivity index (χ1n) is 15.1. The van der Waals surface area contributed by atoms with Gasteiger partial charge in [-0.05, 0) is 76.1 Å². The maximum Gasteiger partial charge on any atom is 0.278 e. The Morgan fingerprint density at radius 1 is 1.16 bits per heavy atom. The van der Waals surface area contributed by atoms with E-state index in [-0.39, 0.29) is 17.7 Å². The summed E-state index contributed by atoms with van der Waals surface area (Å²) >= 11 is 0. The first-order valence-corrected chi connectivity index (χ1v) is 15.1. The molecule has 2 unspecified atom stereocenters. The van der Waals surface area contributed by atoms with Crippen molar-refractivity contribution in [3.63, 3.8) is 0 Å². The number of allylic oxidation sites excluding steroid dienone is 1. The summed E-state index contributed by atoms with van der Waals surface area (Å²) in [6, 6.07) is 14.2. The molecule has 1 spiro atoms. The van der Waals surface area contributed by atoms with Crippen LogP contribution in [0.1, 0.15) is 38.8 Å². The van der Waals surface area contributed by atoms with E-state index in [0.717, 1.165) is 38.3 Å². The summed E-state index contributed by atoms with van der Waals surface area (Å²) < 4.78 is 9.64. The number of nitrogens with zero attached hydrogens (tertiary/aromatic N) is 7. The Kier molecular flexibility index (Phi) is 6.83. The van der Waals surface area contributed by atoms with E-state index < -0.39 is 5.60 Å². The topological polar surface area (TPSA) is 114 Å². The van der Waals surface area contributed by atoms with Crippen LogP contribution >= 0.6 is 0 Å². The van der Waals surface area contributed by atoms with Gasteiger partial charge in [-0.15, -0.1) is 6.58 Å². The van der Waals surface area contributed by atoms with Crippen LogP contribution in [0.25, 0.3) is 16.9 Å². The summed E-state index contributed by atoms with van der Waals surface area (Å²) in [6.07, 6.45) is 6.74. The van der Waals surface area contributed by atoms with Crippen LogP contribution in [0.4, 0.5) is 17.3 Å². The fourth-order valence-electron chi connectivity index (χ4n) is 6.94. The second-order valence-corrected chi connectivity index (χ2v) is 12.3. The standard InChI is InChI=1S/C32H38N8O3/c1-4-15-39-29(41)24-20-33-30(36-28(24)40(39)27-9-5-7-25(35-27)31(2,3)42)34-22-10-12-23(13-11-22)38-17-14-32(21-38)26-8-6-16-37(26)18-19-43-32/h4-5,7,9-13,20,26,42H,1,6,8,14-19,21H2,2-3H3,(H,33,34,36). The monoisotopic (exact) mass is 582 g/mol. The van der Waals surface area contributed by atoms with E-state index in [9.17, 15) is 9.90 Å². The molecule has 7 rings (SSSR count). The van der Waals surface area contributed by atoms with Crippen LogP contribution in [0.5, 0.6) is 0 Å². The number of aromatic nitrogens is 5.